The number of anilines is 2. The molecule has 6 nitrogen and oxygen atoms in total. The number of hydrogen-bond donors (Lipinski definition) is 1. The third-order valence-corrected chi connectivity index (χ3v) is 6.38. The van der Waals surface area contributed by atoms with Crippen LogP contribution in [0.2, 0.25) is 5.02 Å². The number of nitrogens with one attached hydrogen (secondary N) is 1. The third-order valence-electron chi connectivity index (χ3n) is 4.19. The number of carbonyl (C=O) groups is 1. The van der Waals surface area contributed by atoms with Crippen molar-refractivity contribution in [3.8, 4) is 0 Å². The van der Waals surface area contributed by atoms with E-state index < -0.39 is 15.9 Å². The molecule has 1 fully saturated rings. The monoisotopic (exact) mass is 393 g/mol. The second kappa shape index (κ2) is 7.25. The molecule has 0 radical (unpaired) electrons. The van der Waals surface area contributed by atoms with Crippen LogP contribution in [0.15, 0.2) is 36.4 Å². The minimum atomic E-state index is -3.32. The Hall–Kier alpha value is -2.12. The normalized spacial score (nSPS) is 16.1. The van der Waals surface area contributed by atoms with Crippen molar-refractivity contribution >= 4 is 39.0 Å². The van der Waals surface area contributed by atoms with Gasteiger partial charge in [-0.1, -0.05) is 31.5 Å². The van der Waals surface area contributed by atoms with E-state index in [0.29, 0.717) is 24.5 Å². The molecule has 1 aliphatic heterocycles. The lowest BCUT2D eigenvalue weighted by atomic mass is 10.1. The SMILES string of the molecule is CC(C)c1cccc(NC(=O)c2cc(N3CCCS3(=O)=O)ccc2Cl)n1. The lowest BCUT2D eigenvalue weighted by Crippen LogP contribution is -2.25. The van der Waals surface area contributed by atoms with Gasteiger partial charge in [-0.15, -0.1) is 0 Å². The summed E-state index contributed by atoms with van der Waals surface area (Å²) in [6.07, 6.45) is 0.568. The topological polar surface area (TPSA) is 79.4 Å². The summed E-state index contributed by atoms with van der Waals surface area (Å²) in [4.78, 5) is 17.1. The molecule has 1 aliphatic rings. The van der Waals surface area contributed by atoms with Crippen LogP contribution in [0.1, 0.15) is 42.2 Å². The standard InChI is InChI=1S/C18H20ClN3O3S/c1-12(2)16-5-3-6-17(20-16)21-18(23)14-11-13(7-8-15(14)19)22-9-4-10-26(22,24)25/h3,5-8,11-12H,4,9-10H2,1-2H3,(H,20,21,23). The Morgan fingerprint density at radius 2 is 2.04 bits per heavy atom. The molecular weight excluding hydrogens is 374 g/mol. The fourth-order valence-electron chi connectivity index (χ4n) is 2.80. The van der Waals surface area contributed by atoms with E-state index in [1.165, 1.54) is 16.4 Å². The molecule has 1 N–H and O–H groups in total. The van der Waals surface area contributed by atoms with Crippen LogP contribution in [0, 0.1) is 0 Å². The van der Waals surface area contributed by atoms with E-state index in [0.717, 1.165) is 5.69 Å². The summed E-state index contributed by atoms with van der Waals surface area (Å²) in [6.45, 7) is 4.44. The second-order valence-corrected chi connectivity index (χ2v) is 8.88. The maximum Gasteiger partial charge on any atom is 0.258 e. The van der Waals surface area contributed by atoms with E-state index in [1.807, 2.05) is 26.0 Å². The molecule has 26 heavy (non-hydrogen) atoms. The molecule has 2 aromatic rings. The number of aromatic nitrogens is 1. The van der Waals surface area contributed by atoms with Crippen molar-refractivity contribution in [1.82, 2.24) is 4.98 Å². The van der Waals surface area contributed by atoms with Crippen LogP contribution in [-0.2, 0) is 10.0 Å². The lowest BCUT2D eigenvalue weighted by Gasteiger charge is -2.18. The van der Waals surface area contributed by atoms with Crippen molar-refractivity contribution in [3.05, 3.63) is 52.7 Å². The molecule has 138 valence electrons. The predicted molar refractivity (Wildman–Crippen MR) is 103 cm³/mol. The molecule has 0 unspecified atom stereocenters. The van der Waals surface area contributed by atoms with Gasteiger partial charge in [0, 0.05) is 12.2 Å². The quantitative estimate of drug-likeness (QED) is 0.859. The number of rotatable bonds is 4. The minimum Gasteiger partial charge on any atom is -0.307 e. The van der Waals surface area contributed by atoms with Crippen LogP contribution < -0.4 is 9.62 Å². The van der Waals surface area contributed by atoms with Gasteiger partial charge in [0.05, 0.1) is 22.0 Å². The van der Waals surface area contributed by atoms with E-state index in [1.54, 1.807) is 12.1 Å². The van der Waals surface area contributed by atoms with Gasteiger partial charge in [0.2, 0.25) is 10.0 Å². The number of hydrogen-bond acceptors (Lipinski definition) is 4. The third kappa shape index (κ3) is 3.83. The van der Waals surface area contributed by atoms with Gasteiger partial charge in [0.15, 0.2) is 0 Å². The molecule has 0 spiro atoms. The number of benzene rings is 1. The van der Waals surface area contributed by atoms with Crippen LogP contribution in [0.5, 0.6) is 0 Å². The highest BCUT2D eigenvalue weighted by molar-refractivity contribution is 7.93. The highest BCUT2D eigenvalue weighted by atomic mass is 35.5. The van der Waals surface area contributed by atoms with Gasteiger partial charge in [-0.3, -0.25) is 9.10 Å². The molecule has 1 saturated heterocycles. The molecule has 8 heteroatoms. The van der Waals surface area contributed by atoms with Crippen LogP contribution in [-0.4, -0.2) is 31.6 Å². The highest BCUT2D eigenvalue weighted by Gasteiger charge is 2.29. The minimum absolute atomic E-state index is 0.114. The number of nitrogens with zero attached hydrogens (tertiary/aromatic N) is 2. The van der Waals surface area contributed by atoms with E-state index in [4.69, 9.17) is 11.6 Å². The Morgan fingerprint density at radius 1 is 1.27 bits per heavy atom. The summed E-state index contributed by atoms with van der Waals surface area (Å²) in [5.74, 6) is 0.348. The summed E-state index contributed by atoms with van der Waals surface area (Å²) in [5, 5.41) is 2.98. The molecule has 1 amide bonds. The van der Waals surface area contributed by atoms with Gasteiger partial charge in [0.1, 0.15) is 5.82 Å². The van der Waals surface area contributed by atoms with Crippen LogP contribution in [0.3, 0.4) is 0 Å². The molecule has 0 aliphatic carbocycles. The van der Waals surface area contributed by atoms with Gasteiger partial charge >= 0.3 is 0 Å². The van der Waals surface area contributed by atoms with E-state index in [2.05, 4.69) is 10.3 Å². The Morgan fingerprint density at radius 3 is 2.69 bits per heavy atom. The number of sulfonamides is 1. The first kappa shape index (κ1) is 18.7. The van der Waals surface area contributed by atoms with Crippen molar-refractivity contribution in [3.63, 3.8) is 0 Å². The van der Waals surface area contributed by atoms with E-state index in [-0.39, 0.29) is 22.3 Å². The highest BCUT2D eigenvalue weighted by Crippen LogP contribution is 2.28. The molecule has 0 atom stereocenters. The number of amides is 1. The second-order valence-electron chi connectivity index (χ2n) is 6.46. The zero-order valence-electron chi connectivity index (χ0n) is 14.6. The zero-order valence-corrected chi connectivity index (χ0v) is 16.1. The Kier molecular flexibility index (Phi) is 5.20. The average molecular weight is 394 g/mol. The molecule has 0 saturated carbocycles. The van der Waals surface area contributed by atoms with E-state index >= 15 is 0 Å². The van der Waals surface area contributed by atoms with Crippen molar-refractivity contribution < 1.29 is 13.2 Å². The van der Waals surface area contributed by atoms with Crippen molar-refractivity contribution in [2.45, 2.75) is 26.2 Å². The zero-order chi connectivity index (χ0) is 18.9. The number of halogens is 1. The van der Waals surface area contributed by atoms with Crippen molar-refractivity contribution in [2.24, 2.45) is 0 Å². The molecular formula is C18H20ClN3O3S. The van der Waals surface area contributed by atoms with Gasteiger partial charge in [-0.25, -0.2) is 13.4 Å². The Balaban J connectivity index is 1.88. The van der Waals surface area contributed by atoms with Gasteiger partial charge < -0.3 is 5.32 Å². The summed E-state index contributed by atoms with van der Waals surface area (Å²) in [5.41, 5.74) is 1.52. The largest absolute Gasteiger partial charge is 0.307 e. The van der Waals surface area contributed by atoms with Crippen LogP contribution in [0.4, 0.5) is 11.5 Å². The van der Waals surface area contributed by atoms with Gasteiger partial charge in [-0.05, 0) is 42.7 Å². The molecule has 2 heterocycles. The summed E-state index contributed by atoms with van der Waals surface area (Å²) in [7, 11) is -3.32. The Bertz CT molecular complexity index is 944. The fourth-order valence-corrected chi connectivity index (χ4v) is 4.56. The maximum atomic E-state index is 12.6. The van der Waals surface area contributed by atoms with Crippen molar-refractivity contribution in [1.29, 1.82) is 0 Å². The number of pyridine rings is 1. The Labute approximate surface area is 158 Å². The number of carbonyl (C=O) groups excluding carboxylic acids is 1. The predicted octanol–water partition coefficient (Wildman–Crippen LogP) is 3.65. The van der Waals surface area contributed by atoms with Gasteiger partial charge in [-0.2, -0.15) is 0 Å². The molecule has 1 aromatic heterocycles. The van der Waals surface area contributed by atoms with Crippen LogP contribution in [0.25, 0.3) is 0 Å². The molecule has 3 rings (SSSR count). The summed E-state index contributed by atoms with van der Waals surface area (Å²) >= 11 is 6.17. The smallest absolute Gasteiger partial charge is 0.258 e. The van der Waals surface area contributed by atoms with E-state index in [9.17, 15) is 13.2 Å². The van der Waals surface area contributed by atoms with Crippen molar-refractivity contribution in [2.75, 3.05) is 21.9 Å². The van der Waals surface area contributed by atoms with Gasteiger partial charge in [0.25, 0.3) is 5.91 Å². The lowest BCUT2D eigenvalue weighted by molar-refractivity contribution is 0.102. The fraction of sp³-hybridized carbons (Fsp3) is 0.333. The first-order chi connectivity index (χ1) is 12.3. The van der Waals surface area contributed by atoms with Crippen LogP contribution >= 0.6 is 11.6 Å². The maximum absolute atomic E-state index is 12.6. The molecule has 0 bridgehead atoms. The summed E-state index contributed by atoms with van der Waals surface area (Å²) in [6, 6.07) is 10.1. The average Bonchev–Trinajstić information content (AvgIpc) is 2.94. The molecule has 1 aromatic carbocycles. The first-order valence-corrected chi connectivity index (χ1v) is 10.3. The first-order valence-electron chi connectivity index (χ1n) is 8.36. The summed E-state index contributed by atoms with van der Waals surface area (Å²) < 4.78 is 25.5.